The number of esters is 1. The summed E-state index contributed by atoms with van der Waals surface area (Å²) in [7, 11) is 0. The van der Waals surface area contributed by atoms with Gasteiger partial charge >= 0.3 is 5.97 Å². The van der Waals surface area contributed by atoms with Crippen LogP contribution in [0.2, 0.25) is 0 Å². The van der Waals surface area contributed by atoms with Crippen molar-refractivity contribution in [1.82, 2.24) is 0 Å². The minimum absolute atomic E-state index is 0.231. The summed E-state index contributed by atoms with van der Waals surface area (Å²) in [6.45, 7) is 2.78. The highest BCUT2D eigenvalue weighted by Crippen LogP contribution is 2.06. The monoisotopic (exact) mass is 290 g/mol. The highest BCUT2D eigenvalue weighted by molar-refractivity contribution is 9.09. The largest absolute Gasteiger partial charge is 0.463 e. The molecule has 0 radical (unpaired) electrons. The second-order valence-corrected chi connectivity index (χ2v) is 4.49. The van der Waals surface area contributed by atoms with Crippen molar-refractivity contribution >= 4 is 21.9 Å². The summed E-state index contributed by atoms with van der Waals surface area (Å²) in [5.41, 5.74) is 0. The van der Waals surface area contributed by atoms with E-state index in [1.165, 1.54) is 44.6 Å². The molecule has 0 saturated heterocycles. The highest BCUT2D eigenvalue weighted by atomic mass is 79.9. The van der Waals surface area contributed by atoms with Crippen LogP contribution in [0.15, 0.2) is 12.2 Å². The molecule has 16 heavy (non-hydrogen) atoms. The Balaban J connectivity index is 3.14. The van der Waals surface area contributed by atoms with E-state index < -0.39 is 0 Å². The molecule has 0 amide bonds. The van der Waals surface area contributed by atoms with Crippen LogP contribution in [0.25, 0.3) is 0 Å². The maximum atomic E-state index is 11.0. The lowest BCUT2D eigenvalue weighted by Crippen LogP contribution is -2.02. The Kier molecular flexibility index (Phi) is 12.5. The highest BCUT2D eigenvalue weighted by Gasteiger charge is 1.96. The number of allylic oxidation sites excluding steroid dienone is 1. The fraction of sp³-hybridized carbons (Fsp3) is 0.769. The minimum atomic E-state index is -0.231. The molecule has 0 unspecified atom stereocenters. The Bertz CT molecular complexity index is 190. The predicted octanol–water partition coefficient (Wildman–Crippen LogP) is 4.23. The van der Waals surface area contributed by atoms with E-state index in [1.54, 1.807) is 6.08 Å². The predicted molar refractivity (Wildman–Crippen MR) is 71.9 cm³/mol. The first kappa shape index (κ1) is 15.7. The summed E-state index contributed by atoms with van der Waals surface area (Å²) >= 11 is 3.21. The van der Waals surface area contributed by atoms with Crippen molar-refractivity contribution in [3.05, 3.63) is 12.2 Å². The second-order valence-electron chi connectivity index (χ2n) is 3.85. The third-order valence-corrected chi connectivity index (χ3v) is 2.71. The normalized spacial score (nSPS) is 10.9. The van der Waals surface area contributed by atoms with Crippen molar-refractivity contribution in [2.45, 2.75) is 51.9 Å². The SMILES string of the molecule is CCCCCCCCCOC(=O)/C=C/CBr. The van der Waals surface area contributed by atoms with Crippen LogP contribution in [0.3, 0.4) is 0 Å². The molecule has 2 nitrogen and oxygen atoms in total. The van der Waals surface area contributed by atoms with Gasteiger partial charge in [-0.05, 0) is 6.42 Å². The first-order chi connectivity index (χ1) is 7.81. The van der Waals surface area contributed by atoms with Gasteiger partial charge in [-0.2, -0.15) is 0 Å². The summed E-state index contributed by atoms with van der Waals surface area (Å²) in [4.78, 5) is 11.0. The molecule has 94 valence electrons. The summed E-state index contributed by atoms with van der Waals surface area (Å²) < 4.78 is 5.03. The van der Waals surface area contributed by atoms with Gasteiger partial charge in [-0.1, -0.05) is 67.5 Å². The van der Waals surface area contributed by atoms with Gasteiger partial charge in [0.1, 0.15) is 0 Å². The van der Waals surface area contributed by atoms with Crippen molar-refractivity contribution in [2.75, 3.05) is 11.9 Å². The smallest absolute Gasteiger partial charge is 0.330 e. The number of carbonyl (C=O) groups is 1. The average Bonchev–Trinajstić information content (AvgIpc) is 2.30. The molecule has 0 aliphatic rings. The van der Waals surface area contributed by atoms with Crippen molar-refractivity contribution < 1.29 is 9.53 Å². The number of hydrogen-bond acceptors (Lipinski definition) is 2. The zero-order chi connectivity index (χ0) is 12.1. The molecule has 0 rings (SSSR count). The summed E-state index contributed by atoms with van der Waals surface area (Å²) in [6.07, 6.45) is 11.9. The van der Waals surface area contributed by atoms with Crippen LogP contribution in [0.1, 0.15) is 51.9 Å². The molecule has 0 aromatic carbocycles. The van der Waals surface area contributed by atoms with E-state index in [4.69, 9.17) is 4.74 Å². The van der Waals surface area contributed by atoms with Crippen LogP contribution in [0.5, 0.6) is 0 Å². The first-order valence-corrected chi connectivity index (χ1v) is 7.32. The number of unbranched alkanes of at least 4 members (excludes halogenated alkanes) is 6. The lowest BCUT2D eigenvalue weighted by atomic mass is 10.1. The van der Waals surface area contributed by atoms with Gasteiger partial charge in [0.05, 0.1) is 6.61 Å². The zero-order valence-corrected chi connectivity index (χ0v) is 11.8. The van der Waals surface area contributed by atoms with Gasteiger partial charge < -0.3 is 4.74 Å². The lowest BCUT2D eigenvalue weighted by molar-refractivity contribution is -0.137. The molecule has 0 aliphatic carbocycles. The van der Waals surface area contributed by atoms with Crippen LogP contribution in [0, 0.1) is 0 Å². The van der Waals surface area contributed by atoms with E-state index in [-0.39, 0.29) is 5.97 Å². The third kappa shape index (κ3) is 11.8. The number of carbonyl (C=O) groups excluding carboxylic acids is 1. The molecule has 0 aromatic heterocycles. The number of ether oxygens (including phenoxy) is 1. The maximum absolute atomic E-state index is 11.0. The minimum Gasteiger partial charge on any atom is -0.463 e. The Labute approximate surface area is 108 Å². The molecular formula is C13H23BrO2. The van der Waals surface area contributed by atoms with Gasteiger partial charge in [0.25, 0.3) is 0 Å². The van der Waals surface area contributed by atoms with E-state index in [1.807, 2.05) is 0 Å². The van der Waals surface area contributed by atoms with Crippen LogP contribution >= 0.6 is 15.9 Å². The molecule has 0 spiro atoms. The fourth-order valence-electron chi connectivity index (χ4n) is 1.42. The van der Waals surface area contributed by atoms with Crippen LogP contribution in [0.4, 0.5) is 0 Å². The Hall–Kier alpha value is -0.310. The molecule has 0 bridgehead atoms. The summed E-state index contributed by atoms with van der Waals surface area (Å²) in [6, 6.07) is 0. The van der Waals surface area contributed by atoms with E-state index in [0.717, 1.165) is 6.42 Å². The molecule has 0 N–H and O–H groups in total. The average molecular weight is 291 g/mol. The molecule has 3 heteroatoms. The fourth-order valence-corrected chi connectivity index (χ4v) is 1.61. The van der Waals surface area contributed by atoms with Crippen molar-refractivity contribution in [3.8, 4) is 0 Å². The van der Waals surface area contributed by atoms with Crippen molar-refractivity contribution in [1.29, 1.82) is 0 Å². The van der Waals surface area contributed by atoms with Gasteiger partial charge in [-0.15, -0.1) is 0 Å². The Morgan fingerprint density at radius 3 is 2.38 bits per heavy atom. The quantitative estimate of drug-likeness (QED) is 0.260. The van der Waals surface area contributed by atoms with E-state index in [2.05, 4.69) is 22.9 Å². The van der Waals surface area contributed by atoms with Crippen LogP contribution < -0.4 is 0 Å². The van der Waals surface area contributed by atoms with Gasteiger partial charge in [0.2, 0.25) is 0 Å². The Morgan fingerprint density at radius 1 is 1.12 bits per heavy atom. The number of alkyl halides is 1. The van der Waals surface area contributed by atoms with E-state index in [9.17, 15) is 4.79 Å². The van der Waals surface area contributed by atoms with Gasteiger partial charge in [0, 0.05) is 11.4 Å². The third-order valence-electron chi connectivity index (χ3n) is 2.34. The van der Waals surface area contributed by atoms with Crippen LogP contribution in [-0.2, 0) is 9.53 Å². The summed E-state index contributed by atoms with van der Waals surface area (Å²) in [5.74, 6) is -0.231. The number of rotatable bonds is 10. The first-order valence-electron chi connectivity index (χ1n) is 6.20. The zero-order valence-electron chi connectivity index (χ0n) is 10.2. The molecule has 0 saturated carbocycles. The standard InChI is InChI=1S/C13H23BrO2/c1-2-3-4-5-6-7-8-12-16-13(15)10-9-11-14/h9-10H,2-8,11-12H2,1H3/b10-9+. The maximum Gasteiger partial charge on any atom is 0.330 e. The molecule has 0 atom stereocenters. The molecular weight excluding hydrogens is 268 g/mol. The van der Waals surface area contributed by atoms with Gasteiger partial charge in [-0.25, -0.2) is 4.79 Å². The van der Waals surface area contributed by atoms with Crippen molar-refractivity contribution in [2.24, 2.45) is 0 Å². The van der Waals surface area contributed by atoms with Crippen molar-refractivity contribution in [3.63, 3.8) is 0 Å². The molecule has 0 fully saturated rings. The van der Waals surface area contributed by atoms with Gasteiger partial charge in [0.15, 0.2) is 0 Å². The molecule has 0 heterocycles. The Morgan fingerprint density at radius 2 is 1.75 bits per heavy atom. The molecule has 0 aromatic rings. The molecule has 0 aliphatic heterocycles. The second kappa shape index (κ2) is 12.8. The number of hydrogen-bond donors (Lipinski definition) is 0. The lowest BCUT2D eigenvalue weighted by Gasteiger charge is -2.02. The van der Waals surface area contributed by atoms with E-state index in [0.29, 0.717) is 11.9 Å². The van der Waals surface area contributed by atoms with E-state index >= 15 is 0 Å². The topological polar surface area (TPSA) is 26.3 Å². The summed E-state index contributed by atoms with van der Waals surface area (Å²) in [5, 5.41) is 0.694. The number of halogens is 1. The van der Waals surface area contributed by atoms with Gasteiger partial charge in [-0.3, -0.25) is 0 Å². The van der Waals surface area contributed by atoms with Crippen LogP contribution in [-0.4, -0.2) is 17.9 Å².